The van der Waals surface area contributed by atoms with Gasteiger partial charge in [-0.2, -0.15) is 0 Å². The fraction of sp³-hybridized carbons (Fsp3) is 0.176. The normalized spacial score (nSPS) is 13.0. The molecule has 0 aromatic heterocycles. The summed E-state index contributed by atoms with van der Waals surface area (Å²) in [5.41, 5.74) is 0.848. The predicted molar refractivity (Wildman–Crippen MR) is 106 cm³/mol. The van der Waals surface area contributed by atoms with Crippen molar-refractivity contribution in [3.05, 3.63) is 55.5 Å². The molecule has 2 rings (SSSR count). The highest BCUT2D eigenvalue weighted by Crippen LogP contribution is 2.31. The molecule has 0 saturated heterocycles. The molecule has 0 fully saturated rings. The third-order valence-corrected chi connectivity index (χ3v) is 4.20. The molecule has 8 heteroatoms. The van der Waals surface area contributed by atoms with Crippen LogP contribution in [0.1, 0.15) is 18.1 Å². The van der Waals surface area contributed by atoms with E-state index in [9.17, 15) is 10.2 Å². The van der Waals surface area contributed by atoms with Crippen molar-refractivity contribution in [1.29, 1.82) is 0 Å². The Kier molecular flexibility index (Phi) is 6.96. The molecule has 25 heavy (non-hydrogen) atoms. The SMILES string of the molecule is CC(CN=Cc1cc(Cl)cc(Cl)c1O)N=Cc1cc(Cl)cc(Cl)c1O. The number of halogens is 4. The van der Waals surface area contributed by atoms with Gasteiger partial charge in [0.05, 0.1) is 22.6 Å². The van der Waals surface area contributed by atoms with E-state index >= 15 is 0 Å². The summed E-state index contributed by atoms with van der Waals surface area (Å²) in [6, 6.07) is 5.85. The lowest BCUT2D eigenvalue weighted by molar-refractivity contribution is 0.474. The van der Waals surface area contributed by atoms with Crippen LogP contribution in [0.4, 0.5) is 0 Å². The summed E-state index contributed by atoms with van der Waals surface area (Å²) in [5, 5.41) is 20.9. The van der Waals surface area contributed by atoms with Gasteiger partial charge in [-0.3, -0.25) is 9.98 Å². The van der Waals surface area contributed by atoms with Crippen LogP contribution in [-0.2, 0) is 0 Å². The number of phenols is 2. The number of aromatic hydroxyl groups is 2. The van der Waals surface area contributed by atoms with E-state index < -0.39 is 0 Å². The van der Waals surface area contributed by atoms with Crippen molar-refractivity contribution < 1.29 is 10.2 Å². The summed E-state index contributed by atoms with van der Waals surface area (Å²) >= 11 is 23.5. The van der Waals surface area contributed by atoms with Gasteiger partial charge in [0.1, 0.15) is 11.5 Å². The Morgan fingerprint density at radius 1 is 0.880 bits per heavy atom. The second-order valence-corrected chi connectivity index (χ2v) is 6.96. The first-order valence-electron chi connectivity index (χ1n) is 7.17. The lowest BCUT2D eigenvalue weighted by atomic mass is 10.2. The van der Waals surface area contributed by atoms with E-state index in [0.29, 0.717) is 27.7 Å². The van der Waals surface area contributed by atoms with Crippen molar-refractivity contribution in [3.8, 4) is 11.5 Å². The second-order valence-electron chi connectivity index (χ2n) is 5.27. The van der Waals surface area contributed by atoms with Crippen LogP contribution in [0.15, 0.2) is 34.3 Å². The zero-order chi connectivity index (χ0) is 18.6. The van der Waals surface area contributed by atoms with E-state index in [1.165, 1.54) is 24.6 Å². The summed E-state index contributed by atoms with van der Waals surface area (Å²) in [7, 11) is 0. The molecule has 0 heterocycles. The first kappa shape index (κ1) is 19.9. The van der Waals surface area contributed by atoms with Crippen LogP contribution in [0, 0.1) is 0 Å². The first-order valence-corrected chi connectivity index (χ1v) is 8.68. The highest BCUT2D eigenvalue weighted by atomic mass is 35.5. The average molecular weight is 420 g/mol. The number of nitrogens with zero attached hydrogens (tertiary/aromatic N) is 2. The van der Waals surface area contributed by atoms with Gasteiger partial charge in [0, 0.05) is 33.6 Å². The largest absolute Gasteiger partial charge is 0.506 e. The molecule has 0 aliphatic carbocycles. The molecule has 2 aromatic carbocycles. The van der Waals surface area contributed by atoms with Gasteiger partial charge in [-0.05, 0) is 31.2 Å². The fourth-order valence-corrected chi connectivity index (χ4v) is 2.95. The third kappa shape index (κ3) is 5.51. The van der Waals surface area contributed by atoms with Gasteiger partial charge < -0.3 is 10.2 Å². The Morgan fingerprint density at radius 3 is 1.88 bits per heavy atom. The zero-order valence-electron chi connectivity index (χ0n) is 13.0. The van der Waals surface area contributed by atoms with Gasteiger partial charge in [0.15, 0.2) is 0 Å². The summed E-state index contributed by atoms with van der Waals surface area (Å²) < 4.78 is 0. The van der Waals surface area contributed by atoms with Crippen molar-refractivity contribution in [2.24, 2.45) is 9.98 Å². The van der Waals surface area contributed by atoms with Gasteiger partial charge in [0.25, 0.3) is 0 Å². The maximum absolute atomic E-state index is 9.88. The molecule has 0 radical (unpaired) electrons. The monoisotopic (exact) mass is 418 g/mol. The Morgan fingerprint density at radius 2 is 1.36 bits per heavy atom. The van der Waals surface area contributed by atoms with Gasteiger partial charge >= 0.3 is 0 Å². The molecule has 1 atom stereocenters. The van der Waals surface area contributed by atoms with Gasteiger partial charge in [0.2, 0.25) is 0 Å². The van der Waals surface area contributed by atoms with E-state index in [1.807, 2.05) is 6.92 Å². The number of aliphatic imine (C=N–C) groups is 2. The summed E-state index contributed by atoms with van der Waals surface area (Å²) in [6.45, 7) is 2.21. The molecule has 132 valence electrons. The van der Waals surface area contributed by atoms with E-state index in [-0.39, 0.29) is 27.6 Å². The topological polar surface area (TPSA) is 65.2 Å². The Balaban J connectivity index is 2.05. The van der Waals surface area contributed by atoms with Crippen LogP contribution in [0.3, 0.4) is 0 Å². The van der Waals surface area contributed by atoms with Crippen molar-refractivity contribution >= 4 is 58.8 Å². The number of rotatable bonds is 5. The molecule has 0 aliphatic heterocycles. The molecule has 0 saturated carbocycles. The fourth-order valence-electron chi connectivity index (χ4n) is 1.93. The third-order valence-electron chi connectivity index (χ3n) is 3.18. The molecule has 4 nitrogen and oxygen atoms in total. The Labute approximate surface area is 165 Å². The standard InChI is InChI=1S/C17H14Cl4N2O2/c1-9(23-8-11-3-13(19)5-15(21)17(11)25)6-22-7-10-2-12(18)4-14(20)16(10)24/h2-5,7-9,24-25H,6H2,1H3. The minimum absolute atomic E-state index is 0.0792. The molecule has 0 bridgehead atoms. The zero-order valence-corrected chi connectivity index (χ0v) is 16.1. The molecular formula is C17H14Cl4N2O2. The van der Waals surface area contributed by atoms with E-state index in [2.05, 4.69) is 9.98 Å². The van der Waals surface area contributed by atoms with Crippen LogP contribution in [0.5, 0.6) is 11.5 Å². The lowest BCUT2D eigenvalue weighted by Crippen LogP contribution is -2.04. The van der Waals surface area contributed by atoms with E-state index in [1.54, 1.807) is 12.1 Å². The van der Waals surface area contributed by atoms with Crippen LogP contribution >= 0.6 is 46.4 Å². The van der Waals surface area contributed by atoms with Gasteiger partial charge in [-0.15, -0.1) is 0 Å². The number of hydrogen-bond acceptors (Lipinski definition) is 4. The second kappa shape index (κ2) is 8.77. The van der Waals surface area contributed by atoms with E-state index in [0.717, 1.165) is 0 Å². The minimum Gasteiger partial charge on any atom is -0.506 e. The molecule has 1 unspecified atom stereocenters. The highest BCUT2D eigenvalue weighted by molar-refractivity contribution is 6.36. The Hall–Kier alpha value is -1.46. The first-order chi connectivity index (χ1) is 11.8. The maximum atomic E-state index is 9.88. The smallest absolute Gasteiger partial charge is 0.143 e. The van der Waals surface area contributed by atoms with Crippen molar-refractivity contribution in [3.63, 3.8) is 0 Å². The van der Waals surface area contributed by atoms with E-state index in [4.69, 9.17) is 46.4 Å². The molecule has 0 amide bonds. The molecule has 2 N–H and O–H groups in total. The Bertz CT molecular complexity index is 838. The maximum Gasteiger partial charge on any atom is 0.143 e. The molecular weight excluding hydrogens is 406 g/mol. The average Bonchev–Trinajstić information content (AvgIpc) is 2.53. The van der Waals surface area contributed by atoms with Crippen molar-refractivity contribution in [2.45, 2.75) is 13.0 Å². The predicted octanol–water partition coefficient (Wildman–Crippen LogP) is 5.64. The number of hydrogen-bond donors (Lipinski definition) is 2. The summed E-state index contributed by atoms with van der Waals surface area (Å²) in [5.74, 6) is -0.159. The lowest BCUT2D eigenvalue weighted by Gasteiger charge is -2.05. The minimum atomic E-state index is -0.176. The van der Waals surface area contributed by atoms with Crippen LogP contribution < -0.4 is 0 Å². The molecule has 2 aromatic rings. The van der Waals surface area contributed by atoms with Crippen molar-refractivity contribution in [2.75, 3.05) is 6.54 Å². The molecule has 0 aliphatic rings. The van der Waals surface area contributed by atoms with Crippen LogP contribution in [-0.4, -0.2) is 35.2 Å². The number of benzene rings is 2. The van der Waals surface area contributed by atoms with Gasteiger partial charge in [-0.25, -0.2) is 0 Å². The summed E-state index contributed by atoms with van der Waals surface area (Å²) in [6.07, 6.45) is 2.97. The van der Waals surface area contributed by atoms with Gasteiger partial charge in [-0.1, -0.05) is 46.4 Å². The number of phenolic OH excluding ortho intramolecular Hbond substituents is 2. The quantitative estimate of drug-likeness (QED) is 0.616. The van der Waals surface area contributed by atoms with Crippen LogP contribution in [0.2, 0.25) is 20.1 Å². The summed E-state index contributed by atoms with van der Waals surface area (Å²) in [4.78, 5) is 8.52. The van der Waals surface area contributed by atoms with Crippen molar-refractivity contribution in [1.82, 2.24) is 0 Å². The molecule has 0 spiro atoms. The highest BCUT2D eigenvalue weighted by Gasteiger charge is 2.07. The van der Waals surface area contributed by atoms with Crippen LogP contribution in [0.25, 0.3) is 0 Å².